The highest BCUT2D eigenvalue weighted by molar-refractivity contribution is 7.84. The van der Waals surface area contributed by atoms with Gasteiger partial charge in [0.2, 0.25) is 0 Å². The maximum atomic E-state index is 11.3. The van der Waals surface area contributed by atoms with Crippen LogP contribution in [0.2, 0.25) is 0 Å². The lowest BCUT2D eigenvalue weighted by Gasteiger charge is -2.16. The van der Waals surface area contributed by atoms with Crippen LogP contribution in [0.5, 0.6) is 11.5 Å². The minimum atomic E-state index is -4.11. The number of phenolic OH excluding ortho intramolecular Hbond substituents is 1. The van der Waals surface area contributed by atoms with Gasteiger partial charge in [0.1, 0.15) is 11.5 Å². The smallest absolute Gasteiger partial charge is 0.380 e. The van der Waals surface area contributed by atoms with Crippen molar-refractivity contribution in [2.24, 2.45) is 5.14 Å². The van der Waals surface area contributed by atoms with E-state index >= 15 is 0 Å². The van der Waals surface area contributed by atoms with Crippen molar-refractivity contribution in [2.45, 2.75) is 19.3 Å². The molecule has 3 aromatic carbocycles. The predicted molar refractivity (Wildman–Crippen MR) is 96.8 cm³/mol. The first kappa shape index (κ1) is 15.9. The Balaban J connectivity index is 2.05. The van der Waals surface area contributed by atoms with Crippen LogP contribution in [0, 0.1) is 0 Å². The van der Waals surface area contributed by atoms with Crippen LogP contribution in [0.15, 0.2) is 48.5 Å². The van der Waals surface area contributed by atoms with E-state index in [0.717, 1.165) is 46.7 Å². The number of aromatic hydroxyl groups is 1. The standard InChI is InChI=1S/C19H17NO4S/c20-25(22,23)24-13-9-10-15-14-7-4-8-16(14)19(21)18(17(15)11-13)12-5-2-1-3-6-12/h1-3,5-6,9-11,21H,4,7-8H2,(H2,20,22,23). The first-order valence-electron chi connectivity index (χ1n) is 8.02. The molecule has 3 aromatic rings. The molecule has 1 aliphatic carbocycles. The minimum Gasteiger partial charge on any atom is -0.507 e. The summed E-state index contributed by atoms with van der Waals surface area (Å²) < 4.78 is 27.3. The maximum Gasteiger partial charge on any atom is 0.380 e. The SMILES string of the molecule is NS(=O)(=O)Oc1ccc2c3c(c(O)c(-c4ccccc4)c2c1)CCC3. The van der Waals surface area contributed by atoms with Gasteiger partial charge in [-0.3, -0.25) is 0 Å². The Hall–Kier alpha value is -2.57. The fraction of sp³-hybridized carbons (Fsp3) is 0.158. The lowest BCUT2D eigenvalue weighted by atomic mass is 9.91. The zero-order valence-corrected chi connectivity index (χ0v) is 14.2. The van der Waals surface area contributed by atoms with Gasteiger partial charge in [0.25, 0.3) is 0 Å². The van der Waals surface area contributed by atoms with E-state index in [9.17, 15) is 13.5 Å². The van der Waals surface area contributed by atoms with Crippen molar-refractivity contribution < 1.29 is 17.7 Å². The molecule has 0 radical (unpaired) electrons. The van der Waals surface area contributed by atoms with Crippen molar-refractivity contribution in [3.63, 3.8) is 0 Å². The maximum absolute atomic E-state index is 11.3. The van der Waals surface area contributed by atoms with E-state index < -0.39 is 10.3 Å². The molecule has 0 unspecified atom stereocenters. The van der Waals surface area contributed by atoms with Crippen LogP contribution in [-0.2, 0) is 23.1 Å². The third-order valence-corrected chi connectivity index (χ3v) is 5.03. The summed E-state index contributed by atoms with van der Waals surface area (Å²) in [4.78, 5) is 0. The third-order valence-electron chi connectivity index (χ3n) is 4.60. The number of nitrogens with two attached hydrogens (primary N) is 1. The molecular formula is C19H17NO4S. The first-order chi connectivity index (χ1) is 11.9. The highest BCUT2D eigenvalue weighted by Crippen LogP contribution is 2.45. The fourth-order valence-electron chi connectivity index (χ4n) is 3.66. The summed E-state index contributed by atoms with van der Waals surface area (Å²) in [5.74, 6) is 0.392. The Morgan fingerprint density at radius 2 is 1.68 bits per heavy atom. The Bertz CT molecular complexity index is 1080. The van der Waals surface area contributed by atoms with E-state index in [1.165, 1.54) is 0 Å². The lowest BCUT2D eigenvalue weighted by Crippen LogP contribution is -2.18. The van der Waals surface area contributed by atoms with E-state index in [1.807, 2.05) is 36.4 Å². The molecule has 0 aromatic heterocycles. The molecule has 1 aliphatic rings. The predicted octanol–water partition coefficient (Wildman–Crippen LogP) is 3.28. The van der Waals surface area contributed by atoms with Crippen LogP contribution < -0.4 is 9.32 Å². The number of fused-ring (bicyclic) bond motifs is 3. The molecule has 0 saturated carbocycles. The number of phenols is 1. The zero-order valence-electron chi connectivity index (χ0n) is 13.4. The number of aryl methyl sites for hydroxylation is 1. The zero-order chi connectivity index (χ0) is 17.6. The van der Waals surface area contributed by atoms with E-state index in [2.05, 4.69) is 0 Å². The summed E-state index contributed by atoms with van der Waals surface area (Å²) in [6, 6.07) is 14.6. The van der Waals surface area contributed by atoms with Gasteiger partial charge in [-0.1, -0.05) is 36.4 Å². The van der Waals surface area contributed by atoms with Crippen LogP contribution in [0.25, 0.3) is 21.9 Å². The van der Waals surface area contributed by atoms with Gasteiger partial charge in [0.05, 0.1) is 0 Å². The summed E-state index contributed by atoms with van der Waals surface area (Å²) in [6.45, 7) is 0. The van der Waals surface area contributed by atoms with Gasteiger partial charge < -0.3 is 9.29 Å². The molecule has 3 N–H and O–H groups in total. The highest BCUT2D eigenvalue weighted by atomic mass is 32.2. The van der Waals surface area contributed by atoms with E-state index in [1.54, 1.807) is 12.1 Å². The molecule has 128 valence electrons. The van der Waals surface area contributed by atoms with Crippen molar-refractivity contribution >= 4 is 21.1 Å². The quantitative estimate of drug-likeness (QED) is 0.754. The summed E-state index contributed by atoms with van der Waals surface area (Å²) in [5, 5.41) is 17.6. The lowest BCUT2D eigenvalue weighted by molar-refractivity contribution is 0.472. The van der Waals surface area contributed by atoms with Gasteiger partial charge >= 0.3 is 10.3 Å². The van der Waals surface area contributed by atoms with Gasteiger partial charge in [-0.25, -0.2) is 0 Å². The van der Waals surface area contributed by atoms with Crippen LogP contribution in [0.1, 0.15) is 17.5 Å². The van der Waals surface area contributed by atoms with Crippen LogP contribution in [-0.4, -0.2) is 13.5 Å². The number of rotatable bonds is 3. The van der Waals surface area contributed by atoms with Gasteiger partial charge in [0.15, 0.2) is 0 Å². The van der Waals surface area contributed by atoms with Crippen LogP contribution in [0.3, 0.4) is 0 Å². The summed E-state index contributed by atoms with van der Waals surface area (Å²) in [6.07, 6.45) is 2.72. The average molecular weight is 355 g/mol. The molecule has 0 saturated heterocycles. The normalized spacial score (nSPS) is 13.8. The summed E-state index contributed by atoms with van der Waals surface area (Å²) in [7, 11) is -4.11. The van der Waals surface area contributed by atoms with E-state index in [-0.39, 0.29) is 11.5 Å². The first-order valence-corrected chi connectivity index (χ1v) is 9.49. The minimum absolute atomic E-state index is 0.129. The molecular weight excluding hydrogens is 338 g/mol. The van der Waals surface area contributed by atoms with Crippen molar-refractivity contribution in [3.05, 3.63) is 59.7 Å². The molecule has 25 heavy (non-hydrogen) atoms. The molecule has 5 nitrogen and oxygen atoms in total. The Morgan fingerprint density at radius 1 is 0.960 bits per heavy atom. The summed E-state index contributed by atoms with van der Waals surface area (Å²) >= 11 is 0. The summed E-state index contributed by atoms with van der Waals surface area (Å²) in [5.41, 5.74) is 3.66. The topological polar surface area (TPSA) is 89.6 Å². The molecule has 0 spiro atoms. The average Bonchev–Trinajstić information content (AvgIpc) is 3.04. The largest absolute Gasteiger partial charge is 0.507 e. The van der Waals surface area contributed by atoms with Gasteiger partial charge in [-0.15, -0.1) is 0 Å². The number of hydrogen-bond acceptors (Lipinski definition) is 4. The molecule has 0 amide bonds. The highest BCUT2D eigenvalue weighted by Gasteiger charge is 2.23. The molecule has 0 bridgehead atoms. The Morgan fingerprint density at radius 3 is 2.40 bits per heavy atom. The molecule has 4 rings (SSSR count). The Labute approximate surface area is 145 Å². The van der Waals surface area contributed by atoms with Crippen molar-refractivity contribution in [1.82, 2.24) is 0 Å². The second-order valence-electron chi connectivity index (χ2n) is 6.18. The second-order valence-corrected chi connectivity index (χ2v) is 7.34. The van der Waals surface area contributed by atoms with Crippen LogP contribution >= 0.6 is 0 Å². The number of hydrogen-bond donors (Lipinski definition) is 2. The molecule has 6 heteroatoms. The second kappa shape index (κ2) is 5.75. The molecule has 0 atom stereocenters. The molecule has 0 fully saturated rings. The monoisotopic (exact) mass is 355 g/mol. The van der Waals surface area contributed by atoms with Gasteiger partial charge in [-0.05, 0) is 58.9 Å². The van der Waals surface area contributed by atoms with Gasteiger partial charge in [-0.2, -0.15) is 13.6 Å². The third kappa shape index (κ3) is 2.83. The Kier molecular flexibility index (Phi) is 3.67. The van der Waals surface area contributed by atoms with Gasteiger partial charge in [0, 0.05) is 5.56 Å². The molecule has 0 aliphatic heterocycles. The van der Waals surface area contributed by atoms with E-state index in [4.69, 9.17) is 9.32 Å². The fourth-order valence-corrected chi connectivity index (χ4v) is 4.03. The van der Waals surface area contributed by atoms with Crippen molar-refractivity contribution in [3.8, 4) is 22.6 Å². The van der Waals surface area contributed by atoms with Crippen molar-refractivity contribution in [2.75, 3.05) is 0 Å². The molecule has 0 heterocycles. The van der Waals surface area contributed by atoms with Crippen molar-refractivity contribution in [1.29, 1.82) is 0 Å². The van der Waals surface area contributed by atoms with E-state index in [0.29, 0.717) is 5.56 Å². The van der Waals surface area contributed by atoms with Crippen LogP contribution in [0.4, 0.5) is 0 Å². The number of benzene rings is 3.